The van der Waals surface area contributed by atoms with E-state index >= 15 is 4.39 Å². The minimum absolute atomic E-state index is 0.0487. The van der Waals surface area contributed by atoms with E-state index in [1.165, 1.54) is 25.3 Å². The Morgan fingerprint density at radius 3 is 2.57 bits per heavy atom. The summed E-state index contributed by atoms with van der Waals surface area (Å²) in [5.41, 5.74) is 0.739. The Kier molecular flexibility index (Phi) is 5.96. The molecule has 0 unspecified atom stereocenters. The number of aromatic nitrogens is 1. The van der Waals surface area contributed by atoms with Crippen molar-refractivity contribution in [2.45, 2.75) is 83.2 Å². The number of aromatic amines is 1. The van der Waals surface area contributed by atoms with E-state index in [1.54, 1.807) is 19.9 Å². The topological polar surface area (TPSA) is 71.2 Å². The fourth-order valence-electron chi connectivity index (χ4n) is 5.36. The third-order valence-electron chi connectivity index (χ3n) is 6.81. The zero-order valence-electron chi connectivity index (χ0n) is 17.9. The van der Waals surface area contributed by atoms with Crippen LogP contribution in [0.1, 0.15) is 86.3 Å². The van der Waals surface area contributed by atoms with Crippen LogP contribution in [0.5, 0.6) is 0 Å². The summed E-state index contributed by atoms with van der Waals surface area (Å²) in [6, 6.07) is 3.50. The Bertz CT molecular complexity index is 1000. The second kappa shape index (κ2) is 8.50. The second-order valence-electron chi connectivity index (χ2n) is 8.82. The first-order valence-electron chi connectivity index (χ1n) is 11.3. The third-order valence-corrected chi connectivity index (χ3v) is 6.81. The predicted molar refractivity (Wildman–Crippen MR) is 115 cm³/mol. The van der Waals surface area contributed by atoms with Crippen molar-refractivity contribution in [3.8, 4) is 0 Å². The van der Waals surface area contributed by atoms with Crippen LogP contribution in [0.3, 0.4) is 0 Å². The first-order chi connectivity index (χ1) is 14.4. The number of carbonyl (C=O) groups is 1. The molecule has 2 N–H and O–H groups in total. The van der Waals surface area contributed by atoms with Crippen LogP contribution in [0.2, 0.25) is 0 Å². The minimum Gasteiger partial charge on any atom is -0.462 e. The van der Waals surface area contributed by atoms with Crippen LogP contribution in [0.15, 0.2) is 16.9 Å². The number of halogens is 1. The van der Waals surface area contributed by atoms with Crippen LogP contribution in [0.4, 0.5) is 4.39 Å². The lowest BCUT2D eigenvalue weighted by atomic mass is 9.84. The molecule has 6 heteroatoms. The average Bonchev–Trinajstić information content (AvgIpc) is 3.18. The van der Waals surface area contributed by atoms with Gasteiger partial charge in [-0.2, -0.15) is 0 Å². The highest BCUT2D eigenvalue weighted by Crippen LogP contribution is 2.42. The molecular formula is C24H31FN2O3. The molecule has 0 spiro atoms. The maximum Gasteiger partial charge on any atom is 0.343 e. The second-order valence-corrected chi connectivity index (χ2v) is 8.82. The minimum atomic E-state index is -0.672. The molecule has 2 fully saturated rings. The maximum atomic E-state index is 15.4. The summed E-state index contributed by atoms with van der Waals surface area (Å²) < 4.78 is 20.4. The Labute approximate surface area is 176 Å². The van der Waals surface area contributed by atoms with Crippen LogP contribution >= 0.6 is 0 Å². The monoisotopic (exact) mass is 414 g/mol. The van der Waals surface area contributed by atoms with E-state index in [-0.39, 0.29) is 28.9 Å². The molecule has 1 aromatic carbocycles. The van der Waals surface area contributed by atoms with E-state index in [2.05, 4.69) is 10.3 Å². The van der Waals surface area contributed by atoms with Crippen molar-refractivity contribution < 1.29 is 13.9 Å². The Morgan fingerprint density at radius 2 is 1.90 bits per heavy atom. The number of fused-ring (bicyclic) bond motifs is 1. The molecule has 0 amide bonds. The predicted octanol–water partition coefficient (Wildman–Crippen LogP) is 4.84. The summed E-state index contributed by atoms with van der Waals surface area (Å²) in [6.45, 7) is 3.55. The standard InChI is InChI=1S/C24H31FN2O3/c1-3-30-23(29)21-15(2)26-20-14-18(19(25)13-17(20)22(21)28)24(11-7-8-12-24)27-16-9-5-4-6-10-16/h13-14,16,27H,3-12H2,1-2H3,(H,26,28). The SMILES string of the molecule is CCOC(=O)c1c(C)[nH]c2cc(C3(NC4CCCCC4)CCCC3)c(F)cc2c1=O. The van der Waals surface area contributed by atoms with Gasteiger partial charge in [0.1, 0.15) is 11.4 Å². The molecule has 1 aromatic heterocycles. The smallest absolute Gasteiger partial charge is 0.343 e. The highest BCUT2D eigenvalue weighted by atomic mass is 19.1. The number of ether oxygens (including phenoxy) is 1. The van der Waals surface area contributed by atoms with Gasteiger partial charge in [0.25, 0.3) is 0 Å². The average molecular weight is 415 g/mol. The van der Waals surface area contributed by atoms with E-state index in [0.29, 0.717) is 22.8 Å². The number of hydrogen-bond donors (Lipinski definition) is 2. The van der Waals surface area contributed by atoms with Gasteiger partial charge in [-0.15, -0.1) is 0 Å². The molecule has 1 heterocycles. The Hall–Kier alpha value is -2.21. The Morgan fingerprint density at radius 1 is 1.20 bits per heavy atom. The highest BCUT2D eigenvalue weighted by Gasteiger charge is 2.39. The van der Waals surface area contributed by atoms with Crippen LogP contribution in [-0.4, -0.2) is 23.6 Å². The maximum absolute atomic E-state index is 15.4. The molecular weight excluding hydrogens is 383 g/mol. The van der Waals surface area contributed by atoms with E-state index < -0.39 is 11.4 Å². The van der Waals surface area contributed by atoms with Crippen molar-refractivity contribution in [3.05, 3.63) is 45.0 Å². The molecule has 0 atom stereocenters. The van der Waals surface area contributed by atoms with Crippen LogP contribution in [0, 0.1) is 12.7 Å². The summed E-state index contributed by atoms with van der Waals surface area (Å²) in [5, 5.41) is 4.01. The fourth-order valence-corrected chi connectivity index (χ4v) is 5.36. The van der Waals surface area contributed by atoms with Gasteiger partial charge in [-0.3, -0.25) is 4.79 Å². The summed E-state index contributed by atoms with van der Waals surface area (Å²) in [5.74, 6) is -1.05. The quantitative estimate of drug-likeness (QED) is 0.687. The summed E-state index contributed by atoms with van der Waals surface area (Å²) in [4.78, 5) is 28.3. The van der Waals surface area contributed by atoms with Crippen LogP contribution < -0.4 is 10.7 Å². The number of pyridine rings is 1. The van der Waals surface area contributed by atoms with Gasteiger partial charge in [-0.25, -0.2) is 9.18 Å². The van der Waals surface area contributed by atoms with Crippen LogP contribution in [0.25, 0.3) is 10.9 Å². The molecule has 0 saturated heterocycles. The third kappa shape index (κ3) is 3.78. The van der Waals surface area contributed by atoms with Gasteiger partial charge >= 0.3 is 5.97 Å². The molecule has 2 aliphatic rings. The number of hydrogen-bond acceptors (Lipinski definition) is 4. The van der Waals surface area contributed by atoms with E-state index in [4.69, 9.17) is 4.74 Å². The Balaban J connectivity index is 1.79. The number of H-pyrrole nitrogens is 1. The van der Waals surface area contributed by atoms with Crippen molar-refractivity contribution in [1.29, 1.82) is 0 Å². The van der Waals surface area contributed by atoms with Gasteiger partial charge in [0.2, 0.25) is 5.43 Å². The summed E-state index contributed by atoms with van der Waals surface area (Å²) in [6.07, 6.45) is 9.91. The van der Waals surface area contributed by atoms with Crippen molar-refractivity contribution >= 4 is 16.9 Å². The zero-order valence-corrected chi connectivity index (χ0v) is 17.9. The molecule has 4 rings (SSSR count). The van der Waals surface area contributed by atoms with Crippen molar-refractivity contribution in [2.75, 3.05) is 6.61 Å². The van der Waals surface area contributed by atoms with Gasteiger partial charge in [0.05, 0.1) is 12.1 Å². The highest BCUT2D eigenvalue weighted by molar-refractivity contribution is 5.95. The van der Waals surface area contributed by atoms with E-state index in [1.807, 2.05) is 0 Å². The molecule has 0 radical (unpaired) electrons. The van der Waals surface area contributed by atoms with Gasteiger partial charge in [0.15, 0.2) is 0 Å². The van der Waals surface area contributed by atoms with Crippen molar-refractivity contribution in [2.24, 2.45) is 0 Å². The fraction of sp³-hybridized carbons (Fsp3) is 0.583. The molecule has 30 heavy (non-hydrogen) atoms. The number of benzene rings is 1. The van der Waals surface area contributed by atoms with Gasteiger partial charge in [0, 0.05) is 28.2 Å². The largest absolute Gasteiger partial charge is 0.462 e. The van der Waals surface area contributed by atoms with Gasteiger partial charge in [-0.1, -0.05) is 32.1 Å². The first-order valence-corrected chi connectivity index (χ1v) is 11.3. The van der Waals surface area contributed by atoms with Gasteiger partial charge in [-0.05, 0) is 51.7 Å². The molecule has 162 valence electrons. The molecule has 2 aromatic rings. The summed E-state index contributed by atoms with van der Waals surface area (Å²) in [7, 11) is 0. The number of rotatable bonds is 5. The molecule has 5 nitrogen and oxygen atoms in total. The number of nitrogens with one attached hydrogen (secondary N) is 2. The lowest BCUT2D eigenvalue weighted by molar-refractivity contribution is 0.0523. The van der Waals surface area contributed by atoms with Crippen molar-refractivity contribution in [1.82, 2.24) is 10.3 Å². The van der Waals surface area contributed by atoms with Crippen molar-refractivity contribution in [3.63, 3.8) is 0 Å². The lowest BCUT2D eigenvalue weighted by Gasteiger charge is -2.37. The number of aryl methyl sites for hydroxylation is 1. The summed E-state index contributed by atoms with van der Waals surface area (Å²) >= 11 is 0. The van der Waals surface area contributed by atoms with Crippen LogP contribution in [-0.2, 0) is 10.3 Å². The molecule has 2 aliphatic carbocycles. The molecule has 2 saturated carbocycles. The van der Waals surface area contributed by atoms with E-state index in [0.717, 1.165) is 38.5 Å². The van der Waals surface area contributed by atoms with Gasteiger partial charge < -0.3 is 15.0 Å². The lowest BCUT2D eigenvalue weighted by Crippen LogP contribution is -2.47. The van der Waals surface area contributed by atoms with E-state index in [9.17, 15) is 9.59 Å². The zero-order chi connectivity index (χ0) is 21.3. The number of carbonyl (C=O) groups excluding carboxylic acids is 1. The first kappa shape index (κ1) is 21.0. The normalized spacial score (nSPS) is 19.3. The molecule has 0 aliphatic heterocycles. The number of esters is 1. The molecule has 0 bridgehead atoms.